The lowest BCUT2D eigenvalue weighted by Crippen LogP contribution is -2.41. The van der Waals surface area contributed by atoms with Gasteiger partial charge in [-0.05, 0) is 30.3 Å². The highest BCUT2D eigenvalue weighted by Crippen LogP contribution is 2.20. The zero-order valence-corrected chi connectivity index (χ0v) is 24.8. The second kappa shape index (κ2) is 13.4. The molecule has 5 heterocycles. The van der Waals surface area contributed by atoms with E-state index in [1.807, 2.05) is 0 Å². The maximum Gasteiger partial charge on any atom is 0.272 e. The molecule has 4 N–H and O–H groups in total. The van der Waals surface area contributed by atoms with E-state index < -0.39 is 11.8 Å². The van der Waals surface area contributed by atoms with E-state index in [-0.39, 0.29) is 11.8 Å². The van der Waals surface area contributed by atoms with E-state index in [1.165, 1.54) is 6.20 Å². The maximum atomic E-state index is 13.1. The van der Waals surface area contributed by atoms with Crippen molar-refractivity contribution in [1.82, 2.24) is 28.9 Å². The van der Waals surface area contributed by atoms with Crippen molar-refractivity contribution >= 4 is 40.7 Å². The summed E-state index contributed by atoms with van der Waals surface area (Å²) in [4.78, 5) is 57.5. The number of anilines is 3. The molecule has 14 heteroatoms. The lowest BCUT2D eigenvalue weighted by Gasteiger charge is -2.26. The fraction of sp³-hybridized carbons (Fsp3) is 0.300. The van der Waals surface area contributed by atoms with E-state index in [1.54, 1.807) is 90.0 Å². The van der Waals surface area contributed by atoms with Gasteiger partial charge in [0.05, 0.1) is 35.8 Å². The number of amides is 4. The summed E-state index contributed by atoms with van der Waals surface area (Å²) in [6.07, 6.45) is 7.96. The number of nitrogens with zero attached hydrogens (tertiary/aromatic N) is 5. The van der Waals surface area contributed by atoms with Gasteiger partial charge in [-0.1, -0.05) is 0 Å². The Morgan fingerprint density at radius 2 is 1.25 bits per heavy atom. The number of nitrogens with one attached hydrogen (secondary N) is 4. The van der Waals surface area contributed by atoms with Gasteiger partial charge in [-0.3, -0.25) is 29.1 Å². The molecule has 1 saturated heterocycles. The van der Waals surface area contributed by atoms with Crippen LogP contribution in [0.15, 0.2) is 61.3 Å². The molecular weight excluding hydrogens is 566 g/mol. The monoisotopic (exact) mass is 601 g/mol. The fourth-order valence-electron chi connectivity index (χ4n) is 4.91. The molecule has 0 bridgehead atoms. The van der Waals surface area contributed by atoms with Gasteiger partial charge in [0, 0.05) is 78.3 Å². The number of rotatable bonds is 10. The zero-order chi connectivity index (χ0) is 31.2. The predicted molar refractivity (Wildman–Crippen MR) is 164 cm³/mol. The van der Waals surface area contributed by atoms with Crippen LogP contribution in [0.25, 0.3) is 0 Å². The van der Waals surface area contributed by atoms with Crippen LogP contribution in [0.4, 0.5) is 17.1 Å². The van der Waals surface area contributed by atoms with E-state index >= 15 is 0 Å². The van der Waals surface area contributed by atoms with Gasteiger partial charge in [-0.2, -0.15) is 0 Å². The van der Waals surface area contributed by atoms with Crippen molar-refractivity contribution in [2.45, 2.75) is 0 Å². The highest BCUT2D eigenvalue weighted by molar-refractivity contribution is 6.08. The molecule has 4 aromatic heterocycles. The lowest BCUT2D eigenvalue weighted by molar-refractivity contribution is 0.0383. The Balaban J connectivity index is 1.17. The summed E-state index contributed by atoms with van der Waals surface area (Å²) >= 11 is 0. The van der Waals surface area contributed by atoms with Crippen molar-refractivity contribution in [3.8, 4) is 0 Å². The molecule has 4 amide bonds. The van der Waals surface area contributed by atoms with Gasteiger partial charge in [-0.25, -0.2) is 0 Å². The molecule has 1 aliphatic heterocycles. The molecule has 0 radical (unpaired) electrons. The molecule has 0 saturated carbocycles. The Hall–Kier alpha value is -5.21. The Bertz CT molecular complexity index is 1660. The van der Waals surface area contributed by atoms with Crippen molar-refractivity contribution < 1.29 is 23.9 Å². The second-order valence-electron chi connectivity index (χ2n) is 10.5. The largest absolute Gasteiger partial charge is 0.379 e. The molecule has 1 fully saturated rings. The first-order valence-corrected chi connectivity index (χ1v) is 14.1. The Kier molecular flexibility index (Phi) is 9.21. The van der Waals surface area contributed by atoms with Crippen LogP contribution >= 0.6 is 0 Å². The van der Waals surface area contributed by atoms with Crippen LogP contribution in [-0.4, -0.2) is 86.6 Å². The molecule has 14 nitrogen and oxygen atoms in total. The standard InChI is InChI=1S/C30H35N9O5/c1-36-18-22(13-24(36)28(41)32-7-8-39-9-11-44-12-10-39)34-30(43)26-15-23(19-38(26)3)35-29(42)25-14-21(17-37(25)2)33-27(40)20-5-4-6-31-16-20/h4-6,13-19H,7-12H2,1-3H3,(H,32,41)(H,33,40)(H,34,43)(H,35,42). The summed E-state index contributed by atoms with van der Waals surface area (Å²) in [6.45, 7) is 4.34. The first-order valence-electron chi connectivity index (χ1n) is 14.1. The summed E-state index contributed by atoms with van der Waals surface area (Å²) in [5, 5.41) is 11.3. The van der Waals surface area contributed by atoms with Crippen LogP contribution in [0.2, 0.25) is 0 Å². The van der Waals surface area contributed by atoms with Gasteiger partial charge in [0.1, 0.15) is 17.1 Å². The number of pyridine rings is 1. The molecule has 4 aromatic rings. The van der Waals surface area contributed by atoms with Gasteiger partial charge in [0.2, 0.25) is 0 Å². The molecule has 0 unspecified atom stereocenters. The second-order valence-corrected chi connectivity index (χ2v) is 10.5. The number of carbonyl (C=O) groups is 4. The molecule has 1 aliphatic rings. The van der Waals surface area contributed by atoms with E-state index in [2.05, 4.69) is 31.2 Å². The summed E-state index contributed by atoms with van der Waals surface area (Å²) in [5.74, 6) is -1.40. The Morgan fingerprint density at radius 3 is 1.75 bits per heavy atom. The van der Waals surface area contributed by atoms with Gasteiger partial charge in [0.25, 0.3) is 23.6 Å². The SMILES string of the molecule is Cn1cc(NC(=O)c2cc(NC(=O)c3cc(NC(=O)c4cccnc4)cn3C)cn2C)cc1C(=O)NCCN1CCOCC1. The topological polar surface area (TPSA) is 157 Å². The molecule has 0 spiro atoms. The third-order valence-electron chi connectivity index (χ3n) is 7.23. The summed E-state index contributed by atoms with van der Waals surface area (Å²) in [7, 11) is 5.12. The number of aromatic nitrogens is 4. The Labute approximate surface area is 254 Å². The number of hydrogen-bond acceptors (Lipinski definition) is 7. The van der Waals surface area contributed by atoms with Gasteiger partial charge in [-0.15, -0.1) is 0 Å². The van der Waals surface area contributed by atoms with E-state index in [0.717, 1.165) is 19.6 Å². The van der Waals surface area contributed by atoms with Crippen LogP contribution in [0.5, 0.6) is 0 Å². The molecule has 44 heavy (non-hydrogen) atoms. The summed E-state index contributed by atoms with van der Waals surface area (Å²) in [5.41, 5.74) is 2.75. The average molecular weight is 602 g/mol. The fourth-order valence-corrected chi connectivity index (χ4v) is 4.91. The molecule has 5 rings (SSSR count). The maximum absolute atomic E-state index is 13.1. The van der Waals surface area contributed by atoms with E-state index in [0.29, 0.717) is 59.5 Å². The van der Waals surface area contributed by atoms with Crippen LogP contribution in [0.3, 0.4) is 0 Å². The third kappa shape index (κ3) is 7.22. The first-order chi connectivity index (χ1) is 21.2. The molecular formula is C30H35N9O5. The molecule has 0 aromatic carbocycles. The molecule has 230 valence electrons. The Morgan fingerprint density at radius 1 is 0.750 bits per heavy atom. The van der Waals surface area contributed by atoms with E-state index in [9.17, 15) is 19.2 Å². The molecule has 0 aliphatic carbocycles. The number of ether oxygens (including phenoxy) is 1. The number of hydrogen-bond donors (Lipinski definition) is 4. The minimum atomic E-state index is -0.417. The average Bonchev–Trinajstić information content (AvgIpc) is 3.69. The van der Waals surface area contributed by atoms with Crippen molar-refractivity contribution in [2.75, 3.05) is 55.3 Å². The highest BCUT2D eigenvalue weighted by Gasteiger charge is 2.19. The summed E-state index contributed by atoms with van der Waals surface area (Å²) < 4.78 is 10.2. The van der Waals surface area contributed by atoms with Gasteiger partial charge >= 0.3 is 0 Å². The van der Waals surface area contributed by atoms with Crippen molar-refractivity contribution in [3.63, 3.8) is 0 Å². The van der Waals surface area contributed by atoms with Crippen molar-refractivity contribution in [1.29, 1.82) is 0 Å². The van der Waals surface area contributed by atoms with Crippen LogP contribution in [0, 0.1) is 0 Å². The van der Waals surface area contributed by atoms with Gasteiger partial charge < -0.3 is 39.7 Å². The van der Waals surface area contributed by atoms with Crippen molar-refractivity contribution in [2.24, 2.45) is 21.1 Å². The quantitative estimate of drug-likeness (QED) is 0.216. The third-order valence-corrected chi connectivity index (χ3v) is 7.23. The normalized spacial score (nSPS) is 13.3. The molecule has 0 atom stereocenters. The smallest absolute Gasteiger partial charge is 0.272 e. The minimum Gasteiger partial charge on any atom is -0.379 e. The van der Waals surface area contributed by atoms with E-state index in [4.69, 9.17) is 4.74 Å². The number of morpholine rings is 1. The van der Waals surface area contributed by atoms with Gasteiger partial charge in [0.15, 0.2) is 0 Å². The van der Waals surface area contributed by atoms with Crippen molar-refractivity contribution in [3.05, 3.63) is 84.0 Å². The minimum absolute atomic E-state index is 0.231. The first kappa shape index (κ1) is 30.3. The highest BCUT2D eigenvalue weighted by atomic mass is 16.5. The number of aryl methyl sites for hydroxylation is 3. The van der Waals surface area contributed by atoms with Crippen LogP contribution < -0.4 is 21.3 Å². The predicted octanol–water partition coefficient (Wildman–Crippen LogP) is 1.92. The lowest BCUT2D eigenvalue weighted by atomic mass is 10.2. The zero-order valence-electron chi connectivity index (χ0n) is 24.8. The van der Waals surface area contributed by atoms with Crippen LogP contribution in [0.1, 0.15) is 41.8 Å². The summed E-state index contributed by atoms with van der Waals surface area (Å²) in [6, 6.07) is 8.05. The number of carbonyl (C=O) groups excluding carboxylic acids is 4. The van der Waals surface area contributed by atoms with Crippen LogP contribution in [-0.2, 0) is 25.9 Å².